The molecule has 1 unspecified atom stereocenters. The molecule has 0 radical (unpaired) electrons. The van der Waals surface area contributed by atoms with Crippen LogP contribution in [-0.2, 0) is 0 Å². The fraction of sp³-hybridized carbons (Fsp3) is 0.182. The summed E-state index contributed by atoms with van der Waals surface area (Å²) in [6.07, 6.45) is 1.79. The van der Waals surface area contributed by atoms with Crippen LogP contribution in [0.25, 0.3) is 5.69 Å². The van der Waals surface area contributed by atoms with E-state index >= 15 is 0 Å². The first-order valence-electron chi connectivity index (χ1n) is 4.74. The molecule has 0 saturated heterocycles. The molecule has 78 valence electrons. The number of hydrogen-bond donors (Lipinski definition) is 1. The zero-order valence-electron chi connectivity index (χ0n) is 8.39. The van der Waals surface area contributed by atoms with Gasteiger partial charge in [-0.15, -0.1) is 0 Å². The van der Waals surface area contributed by atoms with Crippen molar-refractivity contribution in [2.45, 2.75) is 13.0 Å². The monoisotopic (exact) mass is 265 g/mol. The largest absolute Gasteiger partial charge is 0.324 e. The molecule has 0 bridgehead atoms. The van der Waals surface area contributed by atoms with E-state index in [1.165, 1.54) is 0 Å². The van der Waals surface area contributed by atoms with Gasteiger partial charge in [0.15, 0.2) is 0 Å². The van der Waals surface area contributed by atoms with Crippen LogP contribution in [0.4, 0.5) is 0 Å². The Morgan fingerprint density at radius 1 is 1.33 bits per heavy atom. The van der Waals surface area contributed by atoms with Crippen LogP contribution >= 0.6 is 15.9 Å². The second-order valence-corrected chi connectivity index (χ2v) is 4.18. The molecule has 0 fully saturated rings. The molecule has 2 rings (SSSR count). The Morgan fingerprint density at radius 2 is 2.00 bits per heavy atom. The van der Waals surface area contributed by atoms with Crippen molar-refractivity contribution in [3.8, 4) is 5.69 Å². The van der Waals surface area contributed by atoms with E-state index in [1.54, 1.807) is 6.20 Å². The van der Waals surface area contributed by atoms with Crippen LogP contribution in [0, 0.1) is 0 Å². The van der Waals surface area contributed by atoms with Gasteiger partial charge in [-0.25, -0.2) is 4.68 Å². The lowest BCUT2D eigenvalue weighted by molar-refractivity contribution is 0.805. The number of halogens is 1. The summed E-state index contributed by atoms with van der Waals surface area (Å²) in [4.78, 5) is 0. The highest BCUT2D eigenvalue weighted by Gasteiger charge is 2.11. The molecular weight excluding hydrogens is 254 g/mol. The topological polar surface area (TPSA) is 43.8 Å². The molecule has 1 aromatic heterocycles. The Labute approximate surface area is 97.0 Å². The van der Waals surface area contributed by atoms with E-state index in [9.17, 15) is 0 Å². The van der Waals surface area contributed by atoms with Crippen LogP contribution in [0.3, 0.4) is 0 Å². The van der Waals surface area contributed by atoms with Gasteiger partial charge in [-0.3, -0.25) is 0 Å². The number of hydrogen-bond acceptors (Lipinski definition) is 2. The summed E-state index contributed by atoms with van der Waals surface area (Å²) >= 11 is 3.51. The summed E-state index contributed by atoms with van der Waals surface area (Å²) in [5.74, 6) is 0. The van der Waals surface area contributed by atoms with E-state index in [1.807, 2.05) is 41.9 Å². The quantitative estimate of drug-likeness (QED) is 0.908. The molecule has 0 aliphatic heterocycles. The number of rotatable bonds is 2. The van der Waals surface area contributed by atoms with Gasteiger partial charge >= 0.3 is 0 Å². The van der Waals surface area contributed by atoms with E-state index in [2.05, 4.69) is 21.0 Å². The molecule has 0 saturated carbocycles. The summed E-state index contributed by atoms with van der Waals surface area (Å²) in [7, 11) is 0. The second kappa shape index (κ2) is 4.16. The van der Waals surface area contributed by atoms with Crippen LogP contribution in [0.1, 0.15) is 18.5 Å². The van der Waals surface area contributed by atoms with Gasteiger partial charge in [-0.2, -0.15) is 5.10 Å². The Balaban J connectivity index is 2.47. The number of benzene rings is 1. The lowest BCUT2D eigenvalue weighted by Crippen LogP contribution is -2.05. The fourth-order valence-electron chi connectivity index (χ4n) is 1.40. The first-order valence-corrected chi connectivity index (χ1v) is 5.54. The third kappa shape index (κ3) is 1.96. The molecule has 1 heterocycles. The minimum atomic E-state index is -0.0168. The molecule has 0 aliphatic carbocycles. The highest BCUT2D eigenvalue weighted by molar-refractivity contribution is 9.10. The molecule has 3 nitrogen and oxygen atoms in total. The van der Waals surface area contributed by atoms with Crippen molar-refractivity contribution < 1.29 is 0 Å². The molecule has 15 heavy (non-hydrogen) atoms. The minimum Gasteiger partial charge on any atom is -0.324 e. The van der Waals surface area contributed by atoms with Crippen LogP contribution in [0.5, 0.6) is 0 Å². The van der Waals surface area contributed by atoms with Gasteiger partial charge in [-0.05, 0) is 35.0 Å². The zero-order chi connectivity index (χ0) is 10.8. The standard InChI is InChI=1S/C11H12BrN3/c1-8(13)10-7-14-15(11(10)12)9-5-3-2-4-6-9/h2-8H,13H2,1H3. The van der Waals surface area contributed by atoms with Gasteiger partial charge < -0.3 is 5.73 Å². The molecule has 2 N–H and O–H groups in total. The summed E-state index contributed by atoms with van der Waals surface area (Å²) in [5.41, 5.74) is 7.86. The molecule has 2 aromatic rings. The molecule has 1 atom stereocenters. The van der Waals surface area contributed by atoms with Crippen LogP contribution in [0.2, 0.25) is 0 Å². The van der Waals surface area contributed by atoms with E-state index in [-0.39, 0.29) is 6.04 Å². The summed E-state index contributed by atoms with van der Waals surface area (Å²) in [5, 5.41) is 4.30. The van der Waals surface area contributed by atoms with Crippen LogP contribution in [-0.4, -0.2) is 9.78 Å². The minimum absolute atomic E-state index is 0.0168. The van der Waals surface area contributed by atoms with Crippen molar-refractivity contribution in [3.63, 3.8) is 0 Å². The third-order valence-electron chi connectivity index (χ3n) is 2.23. The Bertz CT molecular complexity index is 448. The average molecular weight is 266 g/mol. The molecular formula is C11H12BrN3. The number of nitrogens with zero attached hydrogens (tertiary/aromatic N) is 2. The van der Waals surface area contributed by atoms with Crippen molar-refractivity contribution >= 4 is 15.9 Å². The Morgan fingerprint density at radius 3 is 2.53 bits per heavy atom. The maximum Gasteiger partial charge on any atom is 0.114 e. The highest BCUT2D eigenvalue weighted by atomic mass is 79.9. The summed E-state index contributed by atoms with van der Waals surface area (Å²) in [6, 6.07) is 9.93. The fourth-order valence-corrected chi connectivity index (χ4v) is 2.16. The second-order valence-electron chi connectivity index (χ2n) is 3.43. The van der Waals surface area contributed by atoms with Crippen molar-refractivity contribution in [2.24, 2.45) is 5.73 Å². The first kappa shape index (κ1) is 10.4. The predicted molar refractivity (Wildman–Crippen MR) is 63.9 cm³/mol. The summed E-state index contributed by atoms with van der Waals surface area (Å²) in [6.45, 7) is 1.94. The van der Waals surface area contributed by atoms with E-state index in [0.717, 1.165) is 15.9 Å². The predicted octanol–water partition coefficient (Wildman–Crippen LogP) is 2.65. The summed E-state index contributed by atoms with van der Waals surface area (Å²) < 4.78 is 2.75. The van der Waals surface area contributed by atoms with Gasteiger partial charge in [0, 0.05) is 11.6 Å². The van der Waals surface area contributed by atoms with E-state index in [0.29, 0.717) is 0 Å². The molecule has 1 aromatic carbocycles. The van der Waals surface area contributed by atoms with Gasteiger partial charge in [0.05, 0.1) is 11.9 Å². The number of nitrogens with two attached hydrogens (primary N) is 1. The van der Waals surface area contributed by atoms with E-state index < -0.39 is 0 Å². The molecule has 0 aliphatic rings. The lowest BCUT2D eigenvalue weighted by Gasteiger charge is -2.05. The number of aromatic nitrogens is 2. The van der Waals surface area contributed by atoms with Gasteiger partial charge in [0.25, 0.3) is 0 Å². The Kier molecular flexibility index (Phi) is 2.88. The first-order chi connectivity index (χ1) is 7.20. The van der Waals surface area contributed by atoms with Crippen LogP contribution < -0.4 is 5.73 Å². The van der Waals surface area contributed by atoms with Crippen molar-refractivity contribution in [1.82, 2.24) is 9.78 Å². The maximum absolute atomic E-state index is 5.82. The molecule has 0 spiro atoms. The van der Waals surface area contributed by atoms with Gasteiger partial charge in [-0.1, -0.05) is 18.2 Å². The number of para-hydroxylation sites is 1. The molecule has 0 amide bonds. The highest BCUT2D eigenvalue weighted by Crippen LogP contribution is 2.24. The zero-order valence-corrected chi connectivity index (χ0v) is 9.98. The normalized spacial score (nSPS) is 12.7. The van der Waals surface area contributed by atoms with Crippen molar-refractivity contribution in [1.29, 1.82) is 0 Å². The van der Waals surface area contributed by atoms with Gasteiger partial charge in [0.2, 0.25) is 0 Å². The SMILES string of the molecule is CC(N)c1cnn(-c2ccccc2)c1Br. The Hall–Kier alpha value is -1.13. The van der Waals surface area contributed by atoms with Crippen LogP contribution in [0.15, 0.2) is 41.1 Å². The maximum atomic E-state index is 5.82. The van der Waals surface area contributed by atoms with Crippen molar-refractivity contribution in [2.75, 3.05) is 0 Å². The smallest absolute Gasteiger partial charge is 0.114 e. The third-order valence-corrected chi connectivity index (χ3v) is 3.02. The lowest BCUT2D eigenvalue weighted by atomic mass is 10.2. The molecule has 4 heteroatoms. The average Bonchev–Trinajstić information content (AvgIpc) is 2.61. The van der Waals surface area contributed by atoms with Gasteiger partial charge in [0.1, 0.15) is 4.60 Å². The van der Waals surface area contributed by atoms with Crippen molar-refractivity contribution in [3.05, 3.63) is 46.7 Å². The van der Waals surface area contributed by atoms with E-state index in [4.69, 9.17) is 5.73 Å².